The molecule has 5 rings (SSSR count). The van der Waals surface area contributed by atoms with Gasteiger partial charge in [-0.25, -0.2) is 4.68 Å². The van der Waals surface area contributed by atoms with Crippen molar-refractivity contribution in [1.29, 1.82) is 0 Å². The number of amides is 1. The lowest BCUT2D eigenvalue weighted by Crippen LogP contribution is -2.47. The number of likely N-dealkylation sites (N-methyl/N-ethyl adjacent to an activating group) is 1. The molecule has 3 heterocycles. The van der Waals surface area contributed by atoms with Gasteiger partial charge in [0.2, 0.25) is 0 Å². The van der Waals surface area contributed by atoms with E-state index in [4.69, 9.17) is 0 Å². The van der Waals surface area contributed by atoms with E-state index in [-0.39, 0.29) is 11.5 Å². The molecular formula is C23H22N6O2. The first-order chi connectivity index (χ1) is 15.1. The van der Waals surface area contributed by atoms with Gasteiger partial charge in [-0.2, -0.15) is 0 Å². The van der Waals surface area contributed by atoms with Crippen LogP contribution in [-0.2, 0) is 0 Å². The third-order valence-corrected chi connectivity index (χ3v) is 5.69. The van der Waals surface area contributed by atoms with E-state index in [0.29, 0.717) is 16.8 Å². The van der Waals surface area contributed by atoms with E-state index in [0.717, 1.165) is 42.8 Å². The Kier molecular flexibility index (Phi) is 4.83. The average molecular weight is 414 g/mol. The molecule has 1 amide bonds. The summed E-state index contributed by atoms with van der Waals surface area (Å²) in [6, 6.07) is 16.7. The van der Waals surface area contributed by atoms with Crippen LogP contribution >= 0.6 is 0 Å². The Morgan fingerprint density at radius 1 is 1.00 bits per heavy atom. The van der Waals surface area contributed by atoms with Gasteiger partial charge in [0.1, 0.15) is 5.69 Å². The Labute approximate surface area is 178 Å². The summed E-state index contributed by atoms with van der Waals surface area (Å²) in [5.41, 5.74) is 2.95. The van der Waals surface area contributed by atoms with Crippen LogP contribution in [0.25, 0.3) is 27.8 Å². The molecule has 1 fully saturated rings. The van der Waals surface area contributed by atoms with Crippen LogP contribution in [0, 0.1) is 0 Å². The smallest absolute Gasteiger partial charge is 0.258 e. The Morgan fingerprint density at radius 3 is 2.52 bits per heavy atom. The molecule has 0 bridgehead atoms. The summed E-state index contributed by atoms with van der Waals surface area (Å²) < 4.78 is 1.61. The molecule has 0 spiro atoms. The van der Waals surface area contributed by atoms with Gasteiger partial charge in [-0.3, -0.25) is 9.59 Å². The van der Waals surface area contributed by atoms with Crippen molar-refractivity contribution in [3.8, 4) is 16.9 Å². The van der Waals surface area contributed by atoms with Crippen LogP contribution in [0.4, 0.5) is 0 Å². The number of aromatic amines is 1. The topological polar surface area (TPSA) is 87.1 Å². The zero-order chi connectivity index (χ0) is 21.4. The molecule has 31 heavy (non-hydrogen) atoms. The number of benzene rings is 2. The third kappa shape index (κ3) is 3.73. The molecule has 0 unspecified atom stereocenters. The van der Waals surface area contributed by atoms with E-state index in [1.807, 2.05) is 47.4 Å². The fourth-order valence-corrected chi connectivity index (χ4v) is 3.80. The second kappa shape index (κ2) is 7.81. The van der Waals surface area contributed by atoms with Gasteiger partial charge < -0.3 is 14.8 Å². The number of pyridine rings is 1. The molecule has 4 aromatic rings. The minimum Gasteiger partial charge on any atom is -0.336 e. The highest BCUT2D eigenvalue weighted by Gasteiger charge is 2.20. The predicted octanol–water partition coefficient (Wildman–Crippen LogP) is 2.16. The molecule has 0 atom stereocenters. The van der Waals surface area contributed by atoms with Gasteiger partial charge >= 0.3 is 0 Å². The van der Waals surface area contributed by atoms with E-state index in [2.05, 4.69) is 27.2 Å². The number of para-hydroxylation sites is 1. The van der Waals surface area contributed by atoms with Gasteiger partial charge in [0.15, 0.2) is 0 Å². The van der Waals surface area contributed by atoms with Crippen molar-refractivity contribution < 1.29 is 4.79 Å². The van der Waals surface area contributed by atoms with Crippen LogP contribution in [0.3, 0.4) is 0 Å². The Morgan fingerprint density at radius 2 is 1.74 bits per heavy atom. The highest BCUT2D eigenvalue weighted by molar-refractivity contribution is 5.94. The quantitative estimate of drug-likeness (QED) is 0.555. The lowest BCUT2D eigenvalue weighted by Gasteiger charge is -2.32. The van der Waals surface area contributed by atoms with Crippen molar-refractivity contribution in [2.24, 2.45) is 0 Å². The van der Waals surface area contributed by atoms with Crippen molar-refractivity contribution in [3.63, 3.8) is 0 Å². The molecule has 0 aliphatic carbocycles. The van der Waals surface area contributed by atoms with Crippen molar-refractivity contribution in [1.82, 2.24) is 29.8 Å². The van der Waals surface area contributed by atoms with Crippen molar-refractivity contribution in [2.75, 3.05) is 33.2 Å². The molecule has 0 radical (unpaired) electrons. The molecule has 8 heteroatoms. The Hall–Kier alpha value is -3.78. The van der Waals surface area contributed by atoms with Gasteiger partial charge in [0.25, 0.3) is 11.5 Å². The maximum absolute atomic E-state index is 12.7. The standard InChI is InChI=1S/C23H22N6O2/c1-27-10-12-28(13-11-27)23(31)16-6-8-18(9-7-16)29-15-21(25-26-29)19-14-17-4-2-3-5-20(17)24-22(19)30/h2-9,14-15H,10-13H2,1H3,(H,24,30). The maximum Gasteiger partial charge on any atom is 0.258 e. The van der Waals surface area contributed by atoms with Crippen LogP contribution in [0.15, 0.2) is 65.6 Å². The monoisotopic (exact) mass is 414 g/mol. The summed E-state index contributed by atoms with van der Waals surface area (Å²) in [6.45, 7) is 3.26. The molecule has 0 saturated carbocycles. The first kappa shape index (κ1) is 19.2. The van der Waals surface area contributed by atoms with E-state index in [1.165, 1.54) is 0 Å². The van der Waals surface area contributed by atoms with Gasteiger partial charge in [0.05, 0.1) is 17.4 Å². The highest BCUT2D eigenvalue weighted by atomic mass is 16.2. The van der Waals surface area contributed by atoms with Crippen LogP contribution < -0.4 is 5.56 Å². The number of hydrogen-bond donors (Lipinski definition) is 1. The largest absolute Gasteiger partial charge is 0.336 e. The Bertz CT molecular complexity index is 1300. The first-order valence-corrected chi connectivity index (χ1v) is 10.2. The van der Waals surface area contributed by atoms with Gasteiger partial charge in [0, 0.05) is 37.3 Å². The summed E-state index contributed by atoms with van der Waals surface area (Å²) in [5.74, 6) is 0.0432. The number of fused-ring (bicyclic) bond motifs is 1. The zero-order valence-corrected chi connectivity index (χ0v) is 17.2. The van der Waals surface area contributed by atoms with Crippen LogP contribution in [0.5, 0.6) is 0 Å². The molecule has 1 N–H and O–H groups in total. The van der Waals surface area contributed by atoms with E-state index in [1.54, 1.807) is 23.0 Å². The molecule has 8 nitrogen and oxygen atoms in total. The number of nitrogens with one attached hydrogen (secondary N) is 1. The van der Waals surface area contributed by atoms with Crippen molar-refractivity contribution in [3.05, 3.63) is 76.7 Å². The second-order valence-corrected chi connectivity index (χ2v) is 7.79. The lowest BCUT2D eigenvalue weighted by atomic mass is 10.1. The average Bonchev–Trinajstić information content (AvgIpc) is 3.29. The van der Waals surface area contributed by atoms with Gasteiger partial charge in [-0.05, 0) is 48.8 Å². The second-order valence-electron chi connectivity index (χ2n) is 7.79. The fraction of sp³-hybridized carbons (Fsp3) is 0.217. The van der Waals surface area contributed by atoms with E-state index >= 15 is 0 Å². The normalized spacial score (nSPS) is 14.8. The number of hydrogen-bond acceptors (Lipinski definition) is 5. The summed E-state index contributed by atoms with van der Waals surface area (Å²) in [5, 5.41) is 9.28. The lowest BCUT2D eigenvalue weighted by molar-refractivity contribution is 0.0664. The summed E-state index contributed by atoms with van der Waals surface area (Å²) in [4.78, 5) is 32.2. The van der Waals surface area contributed by atoms with Crippen LogP contribution in [0.2, 0.25) is 0 Å². The molecule has 2 aromatic heterocycles. The summed E-state index contributed by atoms with van der Waals surface area (Å²) in [7, 11) is 2.06. The fourth-order valence-electron chi connectivity index (χ4n) is 3.80. The minimum atomic E-state index is -0.209. The maximum atomic E-state index is 12.7. The van der Waals surface area contributed by atoms with Crippen LogP contribution in [0.1, 0.15) is 10.4 Å². The highest BCUT2D eigenvalue weighted by Crippen LogP contribution is 2.19. The third-order valence-electron chi connectivity index (χ3n) is 5.69. The predicted molar refractivity (Wildman–Crippen MR) is 118 cm³/mol. The number of piperazine rings is 1. The molecular weight excluding hydrogens is 392 g/mol. The molecule has 1 aliphatic heterocycles. The van der Waals surface area contributed by atoms with Crippen LogP contribution in [-0.4, -0.2) is 68.9 Å². The summed E-state index contributed by atoms with van der Waals surface area (Å²) in [6.07, 6.45) is 1.72. The zero-order valence-electron chi connectivity index (χ0n) is 17.2. The SMILES string of the molecule is CN1CCN(C(=O)c2ccc(-n3cc(-c4cc5ccccc5[nH]c4=O)nn3)cc2)CC1. The number of aromatic nitrogens is 4. The minimum absolute atomic E-state index is 0.0432. The number of nitrogens with zero attached hydrogens (tertiary/aromatic N) is 5. The van der Waals surface area contributed by atoms with E-state index in [9.17, 15) is 9.59 Å². The van der Waals surface area contributed by atoms with Gasteiger partial charge in [-0.1, -0.05) is 23.4 Å². The van der Waals surface area contributed by atoms with Crippen molar-refractivity contribution in [2.45, 2.75) is 0 Å². The number of carbonyl (C=O) groups excluding carboxylic acids is 1. The molecule has 2 aromatic carbocycles. The molecule has 156 valence electrons. The number of H-pyrrole nitrogens is 1. The number of carbonyl (C=O) groups is 1. The first-order valence-electron chi connectivity index (χ1n) is 10.2. The summed E-state index contributed by atoms with van der Waals surface area (Å²) >= 11 is 0. The van der Waals surface area contributed by atoms with Crippen molar-refractivity contribution >= 4 is 16.8 Å². The van der Waals surface area contributed by atoms with E-state index < -0.39 is 0 Å². The van der Waals surface area contributed by atoms with Gasteiger partial charge in [-0.15, -0.1) is 5.10 Å². The molecule has 1 aliphatic rings. The Balaban J connectivity index is 1.38. The number of rotatable bonds is 3. The molecule has 1 saturated heterocycles.